The number of aliphatic hydroxyl groups is 1. The molecule has 0 aromatic carbocycles. The van der Waals surface area contributed by atoms with E-state index in [9.17, 15) is 9.90 Å². The van der Waals surface area contributed by atoms with Crippen molar-refractivity contribution in [2.45, 2.75) is 24.9 Å². The molecule has 1 unspecified atom stereocenters. The summed E-state index contributed by atoms with van der Waals surface area (Å²) in [4.78, 5) is 12.8. The van der Waals surface area contributed by atoms with E-state index < -0.39 is 12.4 Å². The van der Waals surface area contributed by atoms with E-state index in [0.717, 1.165) is 0 Å². The van der Waals surface area contributed by atoms with Crippen LogP contribution in [0.5, 0.6) is 0 Å². The number of rotatable bonds is 1. The lowest BCUT2D eigenvalue weighted by atomic mass is 9.97. The van der Waals surface area contributed by atoms with Gasteiger partial charge in [-0.05, 0) is 11.1 Å². The molecule has 0 amide bonds. The van der Waals surface area contributed by atoms with Crippen molar-refractivity contribution >= 4 is 21.9 Å². The first-order chi connectivity index (χ1) is 6.22. The van der Waals surface area contributed by atoms with Gasteiger partial charge in [-0.25, -0.2) is 4.79 Å². The number of esters is 1. The van der Waals surface area contributed by atoms with Crippen molar-refractivity contribution in [1.82, 2.24) is 0 Å². The second-order valence-corrected chi connectivity index (χ2v) is 3.66. The van der Waals surface area contributed by atoms with Crippen molar-refractivity contribution in [3.63, 3.8) is 0 Å². The Morgan fingerprint density at radius 2 is 2.38 bits per heavy atom. The van der Waals surface area contributed by atoms with E-state index in [0.29, 0.717) is 6.42 Å². The molecular formula is C8H9BrO4. The van der Waals surface area contributed by atoms with Gasteiger partial charge in [0, 0.05) is 12.3 Å². The zero-order valence-electron chi connectivity index (χ0n) is 6.72. The summed E-state index contributed by atoms with van der Waals surface area (Å²) in [5.74, 6) is -0.423. The highest BCUT2D eigenvalue weighted by molar-refractivity contribution is 9.11. The van der Waals surface area contributed by atoms with Gasteiger partial charge in [0.05, 0.1) is 0 Å². The monoisotopic (exact) mass is 248 g/mol. The van der Waals surface area contributed by atoms with Gasteiger partial charge < -0.3 is 14.6 Å². The summed E-state index contributed by atoms with van der Waals surface area (Å²) in [7, 11) is 0. The lowest BCUT2D eigenvalue weighted by Gasteiger charge is -2.09. The second kappa shape index (κ2) is 3.40. The minimum atomic E-state index is -0.825. The van der Waals surface area contributed by atoms with Crippen LogP contribution in [0.15, 0.2) is 11.1 Å². The van der Waals surface area contributed by atoms with Crippen LogP contribution in [0.1, 0.15) is 6.42 Å². The third-order valence-corrected chi connectivity index (χ3v) is 2.64. The number of hydrogen-bond acceptors (Lipinski definition) is 4. The van der Waals surface area contributed by atoms with Crippen molar-refractivity contribution < 1.29 is 19.4 Å². The van der Waals surface area contributed by atoms with Crippen molar-refractivity contribution in [2.24, 2.45) is 5.92 Å². The van der Waals surface area contributed by atoms with E-state index in [4.69, 9.17) is 9.47 Å². The summed E-state index contributed by atoms with van der Waals surface area (Å²) in [6.07, 6.45) is 0.523. The Bertz CT molecular complexity index is 253. The lowest BCUT2D eigenvalue weighted by Crippen LogP contribution is -2.20. The molecule has 0 bridgehead atoms. The Hall–Kier alpha value is -0.390. The number of halogens is 1. The maximum atomic E-state index is 11.2. The Kier molecular flexibility index (Phi) is 2.40. The first-order valence-corrected chi connectivity index (χ1v) is 4.95. The number of cyclic esters (lactones) is 1. The fourth-order valence-electron chi connectivity index (χ4n) is 1.76. The molecule has 2 aliphatic rings. The molecular weight excluding hydrogens is 240 g/mol. The van der Waals surface area contributed by atoms with Crippen LogP contribution in [0.4, 0.5) is 0 Å². The predicted molar refractivity (Wildman–Crippen MR) is 46.9 cm³/mol. The van der Waals surface area contributed by atoms with Crippen LogP contribution in [-0.2, 0) is 14.3 Å². The molecule has 2 heterocycles. The number of aliphatic hydroxyl groups excluding tert-OH is 1. The van der Waals surface area contributed by atoms with Crippen molar-refractivity contribution in [3.8, 4) is 0 Å². The summed E-state index contributed by atoms with van der Waals surface area (Å²) in [6, 6.07) is 0. The largest absolute Gasteiger partial charge is 0.456 e. The summed E-state index contributed by atoms with van der Waals surface area (Å²) in [6.45, 7) is 0. The maximum Gasteiger partial charge on any atom is 0.336 e. The molecule has 0 radical (unpaired) electrons. The first-order valence-electron chi connectivity index (χ1n) is 4.03. The van der Waals surface area contributed by atoms with Crippen LogP contribution in [0.25, 0.3) is 0 Å². The zero-order valence-corrected chi connectivity index (χ0v) is 8.31. The Morgan fingerprint density at radius 3 is 3.08 bits per heavy atom. The van der Waals surface area contributed by atoms with Crippen LogP contribution in [0.2, 0.25) is 0 Å². The van der Waals surface area contributed by atoms with Crippen molar-refractivity contribution in [1.29, 1.82) is 0 Å². The maximum absolute atomic E-state index is 11.2. The SMILES string of the molecule is O=C1O[C@@H](/C=C\Br)[C@H]2CC(O)O[C@@H]12. The fourth-order valence-corrected chi connectivity index (χ4v) is 2.06. The highest BCUT2D eigenvalue weighted by Crippen LogP contribution is 2.36. The molecule has 2 rings (SSSR count). The molecule has 13 heavy (non-hydrogen) atoms. The van der Waals surface area contributed by atoms with Crippen molar-refractivity contribution in [2.75, 3.05) is 0 Å². The smallest absolute Gasteiger partial charge is 0.336 e. The number of ether oxygens (including phenoxy) is 2. The molecule has 1 N–H and O–H groups in total. The highest BCUT2D eigenvalue weighted by atomic mass is 79.9. The van der Waals surface area contributed by atoms with Gasteiger partial charge in [-0.3, -0.25) is 0 Å². The normalized spacial score (nSPS) is 44.0. The van der Waals surface area contributed by atoms with Gasteiger partial charge in [0.2, 0.25) is 0 Å². The molecule has 2 fully saturated rings. The third kappa shape index (κ3) is 1.51. The molecule has 4 atom stereocenters. The zero-order chi connectivity index (χ0) is 9.42. The summed E-state index contributed by atoms with van der Waals surface area (Å²) >= 11 is 3.12. The fraction of sp³-hybridized carbons (Fsp3) is 0.625. The molecule has 0 saturated carbocycles. The van der Waals surface area contributed by atoms with E-state index >= 15 is 0 Å². The number of carbonyl (C=O) groups excluding carboxylic acids is 1. The van der Waals surface area contributed by atoms with Gasteiger partial charge in [0.25, 0.3) is 0 Å². The van der Waals surface area contributed by atoms with Crippen LogP contribution in [-0.4, -0.2) is 29.6 Å². The minimum Gasteiger partial charge on any atom is -0.456 e. The molecule has 2 saturated heterocycles. The molecule has 0 aromatic heterocycles. The lowest BCUT2D eigenvalue weighted by molar-refractivity contribution is -0.159. The summed E-state index contributed by atoms with van der Waals surface area (Å²) in [5, 5.41) is 9.17. The average Bonchev–Trinajstić information content (AvgIpc) is 2.55. The van der Waals surface area contributed by atoms with E-state index in [-0.39, 0.29) is 18.0 Å². The first kappa shape index (κ1) is 9.18. The molecule has 0 aromatic rings. The van der Waals surface area contributed by atoms with E-state index in [1.807, 2.05) is 0 Å². The quantitative estimate of drug-likeness (QED) is 0.689. The Labute approximate surface area is 83.6 Å². The third-order valence-electron chi connectivity index (χ3n) is 2.34. The number of hydrogen-bond donors (Lipinski definition) is 1. The van der Waals surface area contributed by atoms with Crippen LogP contribution >= 0.6 is 15.9 Å². The van der Waals surface area contributed by atoms with Gasteiger partial charge in [0.1, 0.15) is 6.10 Å². The molecule has 0 spiro atoms. The Balaban J connectivity index is 2.14. The molecule has 0 aliphatic carbocycles. The van der Waals surface area contributed by atoms with Crippen LogP contribution < -0.4 is 0 Å². The van der Waals surface area contributed by atoms with E-state index in [1.54, 1.807) is 11.1 Å². The number of fused-ring (bicyclic) bond motifs is 1. The molecule has 72 valence electrons. The Morgan fingerprint density at radius 1 is 1.62 bits per heavy atom. The minimum absolute atomic E-state index is 0.0451. The standard InChI is InChI=1S/C8H9BrO4/c9-2-1-5-4-3-6(10)13-7(4)8(11)12-5/h1-2,4-7,10H,3H2/b2-1-/t4-,5+,6?,7-/m1/s1. The van der Waals surface area contributed by atoms with Crippen LogP contribution in [0.3, 0.4) is 0 Å². The predicted octanol–water partition coefficient (Wildman–Crippen LogP) is 0.544. The summed E-state index contributed by atoms with van der Waals surface area (Å²) in [5.41, 5.74) is 0. The van der Waals surface area contributed by atoms with Crippen LogP contribution in [0, 0.1) is 5.92 Å². The van der Waals surface area contributed by atoms with Gasteiger partial charge in [-0.2, -0.15) is 0 Å². The molecule has 5 heteroatoms. The van der Waals surface area contributed by atoms with Crippen molar-refractivity contribution in [3.05, 3.63) is 11.1 Å². The summed E-state index contributed by atoms with van der Waals surface area (Å²) < 4.78 is 10.0. The van der Waals surface area contributed by atoms with Gasteiger partial charge >= 0.3 is 5.97 Å². The average molecular weight is 249 g/mol. The number of carbonyl (C=O) groups is 1. The highest BCUT2D eigenvalue weighted by Gasteiger charge is 2.50. The van der Waals surface area contributed by atoms with E-state index in [2.05, 4.69) is 15.9 Å². The van der Waals surface area contributed by atoms with Gasteiger partial charge in [-0.1, -0.05) is 15.9 Å². The topological polar surface area (TPSA) is 55.8 Å². The second-order valence-electron chi connectivity index (χ2n) is 3.13. The molecule has 2 aliphatic heterocycles. The van der Waals surface area contributed by atoms with E-state index in [1.165, 1.54) is 0 Å². The van der Waals surface area contributed by atoms with Gasteiger partial charge in [-0.15, -0.1) is 0 Å². The molecule has 4 nitrogen and oxygen atoms in total. The van der Waals surface area contributed by atoms with Gasteiger partial charge in [0.15, 0.2) is 12.4 Å².